The van der Waals surface area contributed by atoms with Crippen molar-refractivity contribution in [2.75, 3.05) is 25.5 Å². The van der Waals surface area contributed by atoms with Crippen LogP contribution in [0.1, 0.15) is 26.7 Å². The van der Waals surface area contributed by atoms with Gasteiger partial charge in [0.25, 0.3) is 0 Å². The van der Waals surface area contributed by atoms with Gasteiger partial charge in [-0.2, -0.15) is 0 Å². The minimum absolute atomic E-state index is 0.0499. The lowest BCUT2D eigenvalue weighted by atomic mass is 10.2. The molecule has 0 bridgehead atoms. The molecule has 0 saturated carbocycles. The van der Waals surface area contributed by atoms with Crippen molar-refractivity contribution in [3.63, 3.8) is 0 Å². The summed E-state index contributed by atoms with van der Waals surface area (Å²) < 4.78 is 32.9. The maximum Gasteiger partial charge on any atom is 0.409 e. The van der Waals surface area contributed by atoms with Gasteiger partial charge in [0.05, 0.1) is 19.0 Å². The number of carbonyl (C=O) groups excluding carboxylic acids is 1. The van der Waals surface area contributed by atoms with E-state index in [2.05, 4.69) is 25.3 Å². The monoisotopic (exact) mass is 418 g/mol. The van der Waals surface area contributed by atoms with E-state index < -0.39 is 11.6 Å². The molecule has 30 heavy (non-hydrogen) atoms. The van der Waals surface area contributed by atoms with Crippen molar-refractivity contribution in [3.05, 3.63) is 36.3 Å². The number of hydrogen-bond donors (Lipinski definition) is 2. The zero-order valence-corrected chi connectivity index (χ0v) is 17.1. The van der Waals surface area contributed by atoms with Crippen LogP contribution in [-0.2, 0) is 4.74 Å². The summed E-state index contributed by atoms with van der Waals surface area (Å²) in [6, 6.07) is 1.21. The number of nitrogens with one attached hydrogen (secondary N) is 2. The van der Waals surface area contributed by atoms with Crippen molar-refractivity contribution in [1.82, 2.24) is 24.8 Å². The van der Waals surface area contributed by atoms with Gasteiger partial charge in [-0.15, -0.1) is 0 Å². The van der Waals surface area contributed by atoms with Gasteiger partial charge in [0, 0.05) is 36.8 Å². The zero-order chi connectivity index (χ0) is 21.7. The number of H-pyrrole nitrogens is 1. The molecule has 3 aromatic heterocycles. The van der Waals surface area contributed by atoms with Crippen LogP contribution in [0.2, 0.25) is 0 Å². The summed E-state index contributed by atoms with van der Waals surface area (Å²) in [6.45, 7) is 4.60. The van der Waals surface area contributed by atoms with E-state index in [0.717, 1.165) is 12.4 Å². The highest BCUT2D eigenvalue weighted by atomic mass is 19.1. The van der Waals surface area contributed by atoms with Crippen LogP contribution in [0.5, 0.6) is 0 Å². The van der Waals surface area contributed by atoms with Gasteiger partial charge in [0.15, 0.2) is 17.5 Å². The van der Waals surface area contributed by atoms with E-state index in [0.29, 0.717) is 36.0 Å². The standard InChI is InChI=1S/C20H24F2N6O2/c1-4-28(3)20(29)30-7-5-6-12(2)26-19-16(22)11-25-18(27-19)15-10-24-17-14(15)8-13(21)9-23-17/h8-12H,4-7H2,1-3H3,(H,23,24)(H,25,26,27)/t12-/m1/s1. The number of rotatable bonds is 8. The third-order valence-electron chi connectivity index (χ3n) is 4.66. The molecular weight excluding hydrogens is 394 g/mol. The second-order valence-electron chi connectivity index (χ2n) is 6.96. The molecule has 0 aliphatic rings. The lowest BCUT2D eigenvalue weighted by molar-refractivity contribution is 0.111. The van der Waals surface area contributed by atoms with Gasteiger partial charge in [-0.25, -0.2) is 28.5 Å². The Morgan fingerprint density at radius 2 is 2.13 bits per heavy atom. The highest BCUT2D eigenvalue weighted by Gasteiger charge is 2.15. The molecule has 1 atom stereocenters. The van der Waals surface area contributed by atoms with Crippen LogP contribution >= 0.6 is 0 Å². The number of ether oxygens (including phenoxy) is 1. The number of aromatic nitrogens is 4. The number of nitrogens with zero attached hydrogens (tertiary/aromatic N) is 4. The maximum absolute atomic E-state index is 14.2. The third kappa shape index (κ3) is 5.00. The highest BCUT2D eigenvalue weighted by molar-refractivity contribution is 5.91. The molecule has 0 aliphatic heterocycles. The number of halogens is 2. The fourth-order valence-electron chi connectivity index (χ4n) is 2.85. The van der Waals surface area contributed by atoms with Crippen molar-refractivity contribution in [1.29, 1.82) is 0 Å². The summed E-state index contributed by atoms with van der Waals surface area (Å²) in [7, 11) is 1.67. The van der Waals surface area contributed by atoms with Gasteiger partial charge in [-0.05, 0) is 32.8 Å². The molecule has 0 unspecified atom stereocenters. The predicted octanol–water partition coefficient (Wildman–Crippen LogP) is 3.97. The minimum Gasteiger partial charge on any atom is -0.449 e. The predicted molar refractivity (Wildman–Crippen MR) is 109 cm³/mol. The van der Waals surface area contributed by atoms with Crippen LogP contribution in [0.3, 0.4) is 0 Å². The number of amides is 1. The molecule has 0 spiro atoms. The van der Waals surface area contributed by atoms with E-state index in [9.17, 15) is 13.6 Å². The number of carbonyl (C=O) groups is 1. The van der Waals surface area contributed by atoms with Gasteiger partial charge >= 0.3 is 6.09 Å². The molecule has 0 saturated heterocycles. The maximum atomic E-state index is 14.2. The van der Waals surface area contributed by atoms with Gasteiger partial charge in [0.1, 0.15) is 11.5 Å². The van der Waals surface area contributed by atoms with Crippen molar-refractivity contribution < 1.29 is 18.3 Å². The molecule has 3 aromatic rings. The first-order valence-corrected chi connectivity index (χ1v) is 9.69. The number of pyridine rings is 1. The smallest absolute Gasteiger partial charge is 0.409 e. The summed E-state index contributed by atoms with van der Waals surface area (Å²) in [5.74, 6) is -0.774. The molecule has 8 nitrogen and oxygen atoms in total. The average Bonchev–Trinajstić information content (AvgIpc) is 3.15. The van der Waals surface area contributed by atoms with E-state index in [1.54, 1.807) is 13.2 Å². The van der Waals surface area contributed by atoms with Crippen molar-refractivity contribution in [2.24, 2.45) is 0 Å². The van der Waals surface area contributed by atoms with Crippen LogP contribution in [0.15, 0.2) is 24.7 Å². The quantitative estimate of drug-likeness (QED) is 0.538. The molecule has 1 amide bonds. The number of fused-ring (bicyclic) bond motifs is 1. The van der Waals surface area contributed by atoms with E-state index in [-0.39, 0.29) is 30.4 Å². The lowest BCUT2D eigenvalue weighted by Gasteiger charge is -2.17. The van der Waals surface area contributed by atoms with Crippen LogP contribution in [0.25, 0.3) is 22.4 Å². The van der Waals surface area contributed by atoms with Crippen molar-refractivity contribution >= 4 is 22.9 Å². The summed E-state index contributed by atoms with van der Waals surface area (Å²) in [5, 5.41) is 3.53. The van der Waals surface area contributed by atoms with E-state index in [4.69, 9.17) is 4.74 Å². The van der Waals surface area contributed by atoms with E-state index in [1.807, 2.05) is 13.8 Å². The Morgan fingerprint density at radius 3 is 2.90 bits per heavy atom. The molecule has 0 aliphatic carbocycles. The van der Waals surface area contributed by atoms with Crippen LogP contribution in [0, 0.1) is 11.6 Å². The Balaban J connectivity index is 1.64. The molecule has 0 aromatic carbocycles. The molecule has 3 heterocycles. The first-order valence-electron chi connectivity index (χ1n) is 9.69. The second-order valence-corrected chi connectivity index (χ2v) is 6.96. The number of anilines is 1. The summed E-state index contributed by atoms with van der Waals surface area (Å²) >= 11 is 0. The minimum atomic E-state index is -0.592. The third-order valence-corrected chi connectivity index (χ3v) is 4.66. The van der Waals surface area contributed by atoms with Gasteiger partial charge in [-0.3, -0.25) is 0 Å². The summed E-state index contributed by atoms with van der Waals surface area (Å²) in [5.41, 5.74) is 1.02. The second kappa shape index (κ2) is 9.47. The first-order chi connectivity index (χ1) is 14.4. The summed E-state index contributed by atoms with van der Waals surface area (Å²) in [4.78, 5) is 28.3. The largest absolute Gasteiger partial charge is 0.449 e. The Morgan fingerprint density at radius 1 is 1.33 bits per heavy atom. The van der Waals surface area contributed by atoms with Crippen LogP contribution in [0.4, 0.5) is 19.4 Å². The van der Waals surface area contributed by atoms with Gasteiger partial charge in [0.2, 0.25) is 0 Å². The van der Waals surface area contributed by atoms with Gasteiger partial charge < -0.3 is 19.9 Å². The van der Waals surface area contributed by atoms with Gasteiger partial charge in [-0.1, -0.05) is 0 Å². The van der Waals surface area contributed by atoms with E-state index in [1.165, 1.54) is 11.0 Å². The van der Waals surface area contributed by atoms with Crippen molar-refractivity contribution in [3.8, 4) is 11.4 Å². The van der Waals surface area contributed by atoms with E-state index >= 15 is 0 Å². The normalized spacial score (nSPS) is 12.0. The Bertz CT molecular complexity index is 1030. The molecule has 0 fully saturated rings. The molecule has 10 heteroatoms. The molecular formula is C20H24F2N6O2. The first kappa shape index (κ1) is 21.4. The Labute approximate surface area is 172 Å². The zero-order valence-electron chi connectivity index (χ0n) is 17.1. The number of hydrogen-bond acceptors (Lipinski definition) is 6. The average molecular weight is 418 g/mol. The van der Waals surface area contributed by atoms with Crippen LogP contribution in [-0.4, -0.2) is 57.2 Å². The molecule has 160 valence electrons. The fraction of sp³-hybridized carbons (Fsp3) is 0.400. The molecule has 2 N–H and O–H groups in total. The number of aromatic amines is 1. The van der Waals surface area contributed by atoms with Crippen LogP contribution < -0.4 is 5.32 Å². The highest BCUT2D eigenvalue weighted by Crippen LogP contribution is 2.27. The SMILES string of the molecule is CCN(C)C(=O)OCCC[C@@H](C)Nc1nc(-c2c[nH]c3ncc(F)cc23)ncc1F. The Kier molecular flexibility index (Phi) is 6.76. The Hall–Kier alpha value is -3.30. The topological polar surface area (TPSA) is 96.0 Å². The molecule has 0 radical (unpaired) electrons. The van der Waals surface area contributed by atoms with Crippen molar-refractivity contribution in [2.45, 2.75) is 32.7 Å². The fourth-order valence-corrected chi connectivity index (χ4v) is 2.85. The molecule has 3 rings (SSSR count). The summed E-state index contributed by atoms with van der Waals surface area (Å²) in [6.07, 6.45) is 4.69. The lowest BCUT2D eigenvalue weighted by Crippen LogP contribution is -2.27.